The van der Waals surface area contributed by atoms with Gasteiger partial charge in [-0.05, 0) is 42.5 Å². The number of nitrogens with one attached hydrogen (secondary N) is 3. The number of morpholine rings is 1. The largest absolute Gasteiger partial charge is 0.494 e. The number of ether oxygens (including phenoxy) is 2. The molecule has 1 aliphatic heterocycles. The first-order valence-corrected chi connectivity index (χ1v) is 12.5. The van der Waals surface area contributed by atoms with E-state index in [-0.39, 0.29) is 16.4 Å². The molecule has 13 heteroatoms. The summed E-state index contributed by atoms with van der Waals surface area (Å²) in [5.41, 5.74) is 1.63. The van der Waals surface area contributed by atoms with Crippen molar-refractivity contribution < 1.29 is 24.0 Å². The van der Waals surface area contributed by atoms with Crippen LogP contribution in [0.5, 0.6) is 5.75 Å². The molecule has 4 rings (SSSR count). The summed E-state index contributed by atoms with van der Waals surface area (Å²) in [7, 11) is 1.44. The highest BCUT2D eigenvalue weighted by atomic mass is 35.5. The van der Waals surface area contributed by atoms with Gasteiger partial charge in [0.2, 0.25) is 0 Å². The maximum Gasteiger partial charge on any atom is 0.270 e. The van der Waals surface area contributed by atoms with Crippen molar-refractivity contribution in [2.75, 3.05) is 48.9 Å². The number of hydrogen-bond acceptors (Lipinski definition) is 8. The van der Waals surface area contributed by atoms with Crippen molar-refractivity contribution in [1.82, 2.24) is 5.32 Å². The lowest BCUT2D eigenvalue weighted by Crippen LogP contribution is -2.39. The summed E-state index contributed by atoms with van der Waals surface area (Å²) < 4.78 is 10.8. The predicted octanol–water partition coefficient (Wildman–Crippen LogP) is 4.47. The summed E-state index contributed by atoms with van der Waals surface area (Å²) in [6.07, 6.45) is 0. The molecule has 202 valence electrons. The lowest BCUT2D eigenvalue weighted by molar-refractivity contribution is -0.384. The summed E-state index contributed by atoms with van der Waals surface area (Å²) in [4.78, 5) is 38.5. The normalized spacial score (nSPS) is 12.8. The lowest BCUT2D eigenvalue weighted by Gasteiger charge is -2.30. The third-order valence-electron chi connectivity index (χ3n) is 5.84. The average Bonchev–Trinajstić information content (AvgIpc) is 2.94. The van der Waals surface area contributed by atoms with Crippen LogP contribution < -0.4 is 25.6 Å². The number of nitro benzene ring substituents is 1. The van der Waals surface area contributed by atoms with Gasteiger partial charge in [-0.25, -0.2) is 0 Å². The molecule has 0 bridgehead atoms. The molecule has 0 atom stereocenters. The van der Waals surface area contributed by atoms with E-state index in [4.69, 9.17) is 33.3 Å². The molecule has 0 spiro atoms. The first-order chi connectivity index (χ1) is 18.8. The molecule has 1 aliphatic rings. The summed E-state index contributed by atoms with van der Waals surface area (Å²) >= 11 is 11.4. The molecule has 11 nitrogen and oxygen atoms in total. The Kier molecular flexibility index (Phi) is 8.92. The van der Waals surface area contributed by atoms with Crippen molar-refractivity contribution in [2.24, 2.45) is 0 Å². The number of carbonyl (C=O) groups excluding carboxylic acids is 2. The van der Waals surface area contributed by atoms with Crippen LogP contribution in [0.4, 0.5) is 22.7 Å². The minimum atomic E-state index is -0.603. The highest BCUT2D eigenvalue weighted by Crippen LogP contribution is 2.30. The SMILES string of the molecule is COc1cc(NC(=S)NC(=O)c2cc([N+](=O)[O-])ccc2N2CCOCC2)ccc1NC(=O)c1ccccc1Cl. The van der Waals surface area contributed by atoms with Gasteiger partial charge in [0.1, 0.15) is 5.75 Å². The first kappa shape index (κ1) is 27.8. The smallest absolute Gasteiger partial charge is 0.270 e. The topological polar surface area (TPSA) is 135 Å². The Bertz CT molecular complexity index is 1430. The van der Waals surface area contributed by atoms with E-state index in [1.807, 2.05) is 4.90 Å². The number of nitro groups is 1. The van der Waals surface area contributed by atoms with Crippen LogP contribution in [-0.2, 0) is 4.74 Å². The van der Waals surface area contributed by atoms with Crippen molar-refractivity contribution in [3.63, 3.8) is 0 Å². The maximum atomic E-state index is 13.1. The highest BCUT2D eigenvalue weighted by Gasteiger charge is 2.23. The highest BCUT2D eigenvalue weighted by molar-refractivity contribution is 7.80. The number of carbonyl (C=O) groups is 2. The van der Waals surface area contributed by atoms with E-state index >= 15 is 0 Å². The second-order valence-electron chi connectivity index (χ2n) is 8.32. The van der Waals surface area contributed by atoms with E-state index in [0.29, 0.717) is 59.7 Å². The summed E-state index contributed by atoms with van der Waals surface area (Å²) in [5.74, 6) is -0.675. The third-order valence-corrected chi connectivity index (χ3v) is 6.37. The standard InChI is InChI=1S/C26H24ClN5O6S/c1-37-23-14-16(6-8-21(23)29-24(33)18-4-2-3-5-20(18)27)28-26(39)30-25(34)19-15-17(32(35)36)7-9-22(19)31-10-12-38-13-11-31/h2-9,14-15H,10-13H2,1H3,(H,29,33)(H2,28,30,34,39). The Balaban J connectivity index is 1.47. The van der Waals surface area contributed by atoms with Crippen LogP contribution >= 0.6 is 23.8 Å². The molecule has 39 heavy (non-hydrogen) atoms. The van der Waals surface area contributed by atoms with Crippen LogP contribution in [0.1, 0.15) is 20.7 Å². The van der Waals surface area contributed by atoms with E-state index in [2.05, 4.69) is 16.0 Å². The Morgan fingerprint density at radius 3 is 2.46 bits per heavy atom. The Hall–Kier alpha value is -4.26. The van der Waals surface area contributed by atoms with Gasteiger partial charge >= 0.3 is 0 Å². The number of rotatable bonds is 7. The van der Waals surface area contributed by atoms with Crippen LogP contribution in [0.15, 0.2) is 60.7 Å². The quantitative estimate of drug-likeness (QED) is 0.214. The molecule has 1 fully saturated rings. The Morgan fingerprint density at radius 2 is 1.77 bits per heavy atom. The summed E-state index contributed by atoms with van der Waals surface area (Å²) in [5, 5.41) is 19.8. The minimum Gasteiger partial charge on any atom is -0.494 e. The number of thiocarbonyl (C=S) groups is 1. The van der Waals surface area contributed by atoms with Gasteiger partial charge in [-0.3, -0.25) is 25.0 Å². The minimum absolute atomic E-state index is 0.0330. The summed E-state index contributed by atoms with van der Waals surface area (Å²) in [6, 6.07) is 15.6. The number of benzene rings is 3. The zero-order valence-corrected chi connectivity index (χ0v) is 22.3. The fourth-order valence-electron chi connectivity index (χ4n) is 3.94. The Labute approximate surface area is 234 Å². The van der Waals surface area contributed by atoms with Gasteiger partial charge in [-0.2, -0.15) is 0 Å². The van der Waals surface area contributed by atoms with Crippen LogP contribution in [0.3, 0.4) is 0 Å². The Morgan fingerprint density at radius 1 is 1.03 bits per heavy atom. The number of non-ortho nitro benzene ring substituents is 1. The van der Waals surface area contributed by atoms with Gasteiger partial charge in [-0.1, -0.05) is 23.7 Å². The van der Waals surface area contributed by atoms with Crippen molar-refractivity contribution in [3.05, 3.63) is 86.9 Å². The van der Waals surface area contributed by atoms with Gasteiger partial charge in [0.05, 0.1) is 52.8 Å². The number of hydrogen-bond donors (Lipinski definition) is 3. The van der Waals surface area contributed by atoms with Crippen molar-refractivity contribution in [3.8, 4) is 5.75 Å². The third kappa shape index (κ3) is 6.79. The van der Waals surface area contributed by atoms with Crippen molar-refractivity contribution in [1.29, 1.82) is 0 Å². The average molecular weight is 570 g/mol. The van der Waals surface area contributed by atoms with Crippen LogP contribution in [-0.4, -0.2) is 55.3 Å². The van der Waals surface area contributed by atoms with E-state index in [1.54, 1.807) is 48.5 Å². The molecular weight excluding hydrogens is 546 g/mol. The van der Waals surface area contributed by atoms with Gasteiger partial charge < -0.3 is 25.0 Å². The first-order valence-electron chi connectivity index (χ1n) is 11.7. The molecule has 1 heterocycles. The molecule has 0 aliphatic carbocycles. The van der Waals surface area contributed by atoms with Crippen LogP contribution in [0.2, 0.25) is 5.02 Å². The fraction of sp³-hybridized carbons (Fsp3) is 0.192. The maximum absolute atomic E-state index is 13.1. The van der Waals surface area contributed by atoms with Gasteiger partial charge in [0, 0.05) is 37.0 Å². The monoisotopic (exact) mass is 569 g/mol. The second-order valence-corrected chi connectivity index (χ2v) is 9.13. The van der Waals surface area contributed by atoms with Crippen molar-refractivity contribution >= 4 is 63.5 Å². The summed E-state index contributed by atoms with van der Waals surface area (Å²) in [6.45, 7) is 2.04. The molecule has 3 aromatic rings. The van der Waals surface area contributed by atoms with E-state index < -0.39 is 16.7 Å². The van der Waals surface area contributed by atoms with E-state index in [0.717, 1.165) is 0 Å². The lowest BCUT2D eigenvalue weighted by atomic mass is 10.1. The van der Waals surface area contributed by atoms with Gasteiger partial charge in [0.25, 0.3) is 17.5 Å². The van der Waals surface area contributed by atoms with Crippen LogP contribution in [0, 0.1) is 10.1 Å². The molecule has 1 saturated heterocycles. The zero-order chi connectivity index (χ0) is 27.9. The van der Waals surface area contributed by atoms with Crippen molar-refractivity contribution in [2.45, 2.75) is 0 Å². The molecule has 2 amide bonds. The second kappa shape index (κ2) is 12.5. The number of methoxy groups -OCH3 is 1. The van der Waals surface area contributed by atoms with E-state index in [9.17, 15) is 19.7 Å². The number of anilines is 3. The molecule has 0 radical (unpaired) electrons. The molecule has 3 N–H and O–H groups in total. The number of halogens is 1. The molecule has 0 unspecified atom stereocenters. The number of nitrogens with zero attached hydrogens (tertiary/aromatic N) is 2. The van der Waals surface area contributed by atoms with Crippen LogP contribution in [0.25, 0.3) is 0 Å². The molecular formula is C26H24ClN5O6S. The van der Waals surface area contributed by atoms with Gasteiger partial charge in [-0.15, -0.1) is 0 Å². The van der Waals surface area contributed by atoms with E-state index in [1.165, 1.54) is 19.2 Å². The van der Waals surface area contributed by atoms with Gasteiger partial charge in [0.15, 0.2) is 5.11 Å². The zero-order valence-electron chi connectivity index (χ0n) is 20.7. The predicted molar refractivity (Wildman–Crippen MR) is 152 cm³/mol. The fourth-order valence-corrected chi connectivity index (χ4v) is 4.37. The molecule has 0 saturated carbocycles. The number of amides is 2. The molecule has 0 aromatic heterocycles. The molecule has 3 aromatic carbocycles.